The minimum absolute atomic E-state index is 0.245. The molecule has 236 valence electrons. The van der Waals surface area contributed by atoms with Crippen molar-refractivity contribution in [2.75, 3.05) is 0 Å². The molecule has 46 heavy (non-hydrogen) atoms. The van der Waals surface area contributed by atoms with Gasteiger partial charge in [-0.15, -0.1) is 0 Å². The second-order valence-corrected chi connectivity index (χ2v) is 12.9. The maximum Gasteiger partial charge on any atom is 0.343 e. The topological polar surface area (TPSA) is 105 Å². The summed E-state index contributed by atoms with van der Waals surface area (Å²) in [7, 11) is 0. The normalized spacial score (nSPS) is 13.0. The monoisotopic (exact) mass is 620 g/mol. The van der Waals surface area contributed by atoms with Crippen molar-refractivity contribution < 1.29 is 38.1 Å². The van der Waals surface area contributed by atoms with Crippen molar-refractivity contribution >= 4 is 23.9 Å². The van der Waals surface area contributed by atoms with Gasteiger partial charge in [-0.25, -0.2) is 19.2 Å². The molecule has 0 fully saturated rings. The number of hydrogen-bond donors (Lipinski definition) is 0. The molecule has 1 aliphatic carbocycles. The van der Waals surface area contributed by atoms with Crippen LogP contribution in [-0.2, 0) is 14.9 Å². The van der Waals surface area contributed by atoms with Crippen molar-refractivity contribution in [3.8, 4) is 22.6 Å². The number of carbonyl (C=O) groups is 4. The van der Waals surface area contributed by atoms with Crippen molar-refractivity contribution in [3.05, 3.63) is 118 Å². The maximum absolute atomic E-state index is 13.0. The minimum atomic E-state index is -0.624. The molecule has 8 heteroatoms. The van der Waals surface area contributed by atoms with Gasteiger partial charge in [0, 0.05) is 5.41 Å². The lowest BCUT2D eigenvalue weighted by molar-refractivity contribution is 0.00685. The van der Waals surface area contributed by atoms with Crippen LogP contribution in [0.4, 0.5) is 0 Å². The summed E-state index contributed by atoms with van der Waals surface area (Å²) in [5.74, 6) is -1.26. The Morgan fingerprint density at radius 1 is 0.565 bits per heavy atom. The summed E-state index contributed by atoms with van der Waals surface area (Å²) in [6, 6.07) is 23.3. The summed E-state index contributed by atoms with van der Waals surface area (Å²) in [6.07, 6.45) is -0.245. The lowest BCUT2D eigenvalue weighted by Gasteiger charge is -2.22. The zero-order valence-electron chi connectivity index (χ0n) is 26.9. The summed E-state index contributed by atoms with van der Waals surface area (Å²) < 4.78 is 22.0. The van der Waals surface area contributed by atoms with E-state index in [0.29, 0.717) is 33.8 Å². The Morgan fingerprint density at radius 3 is 1.30 bits per heavy atom. The number of esters is 4. The predicted molar refractivity (Wildman–Crippen MR) is 173 cm³/mol. The van der Waals surface area contributed by atoms with Gasteiger partial charge in [-0.2, -0.15) is 0 Å². The van der Waals surface area contributed by atoms with E-state index in [0.717, 1.165) is 22.3 Å². The lowest BCUT2D eigenvalue weighted by atomic mass is 9.82. The highest BCUT2D eigenvalue weighted by atomic mass is 16.6. The Labute approximate surface area is 268 Å². The average Bonchev–Trinajstić information content (AvgIpc) is 3.21. The van der Waals surface area contributed by atoms with Crippen LogP contribution in [0.15, 0.2) is 84.9 Å². The number of fused-ring (bicyclic) bond motifs is 3. The molecule has 1 aliphatic rings. The maximum atomic E-state index is 13.0. The molecule has 0 saturated heterocycles. The van der Waals surface area contributed by atoms with Crippen molar-refractivity contribution in [2.45, 2.75) is 65.6 Å². The molecule has 0 bridgehead atoms. The van der Waals surface area contributed by atoms with Gasteiger partial charge in [-0.3, -0.25) is 0 Å². The van der Waals surface area contributed by atoms with Gasteiger partial charge in [0.05, 0.1) is 28.4 Å². The van der Waals surface area contributed by atoms with Gasteiger partial charge >= 0.3 is 23.9 Å². The van der Waals surface area contributed by atoms with E-state index >= 15 is 0 Å². The van der Waals surface area contributed by atoms with Crippen LogP contribution in [0.2, 0.25) is 0 Å². The third kappa shape index (κ3) is 6.86. The first-order valence-corrected chi connectivity index (χ1v) is 15.0. The van der Waals surface area contributed by atoms with Gasteiger partial charge < -0.3 is 18.9 Å². The molecule has 0 N–H and O–H groups in total. The van der Waals surface area contributed by atoms with E-state index in [9.17, 15) is 19.2 Å². The smallest absolute Gasteiger partial charge is 0.343 e. The van der Waals surface area contributed by atoms with E-state index in [2.05, 4.69) is 13.8 Å². The Hall–Kier alpha value is -5.24. The Kier molecular flexibility index (Phi) is 8.58. The van der Waals surface area contributed by atoms with Crippen molar-refractivity contribution in [1.82, 2.24) is 0 Å². The van der Waals surface area contributed by atoms with Crippen LogP contribution in [0.3, 0.4) is 0 Å². The lowest BCUT2D eigenvalue weighted by Crippen LogP contribution is -2.23. The molecule has 0 unspecified atom stereocenters. The van der Waals surface area contributed by atoms with E-state index in [1.807, 2.05) is 24.3 Å². The first kappa shape index (κ1) is 32.2. The quantitative estimate of drug-likeness (QED) is 0.151. The van der Waals surface area contributed by atoms with Gasteiger partial charge in [-0.1, -0.05) is 26.0 Å². The third-order valence-corrected chi connectivity index (χ3v) is 7.49. The summed E-state index contributed by atoms with van der Waals surface area (Å²) in [5, 5.41) is 0. The molecule has 0 amide bonds. The molecule has 0 heterocycles. The second kappa shape index (κ2) is 12.3. The van der Waals surface area contributed by atoms with Gasteiger partial charge in [0.25, 0.3) is 0 Å². The molecule has 0 radical (unpaired) electrons. The van der Waals surface area contributed by atoms with Gasteiger partial charge in [0.1, 0.15) is 17.1 Å². The summed E-state index contributed by atoms with van der Waals surface area (Å²) in [5.41, 5.74) is 4.08. The molecule has 4 aromatic carbocycles. The number of rotatable bonds is 7. The van der Waals surface area contributed by atoms with E-state index < -0.39 is 34.9 Å². The average molecular weight is 621 g/mol. The van der Waals surface area contributed by atoms with Gasteiger partial charge in [0.15, 0.2) is 0 Å². The molecule has 0 atom stereocenters. The summed E-state index contributed by atoms with van der Waals surface area (Å²) in [6.45, 7) is 13.0. The Balaban J connectivity index is 1.28. The zero-order valence-corrected chi connectivity index (χ0v) is 26.9. The highest BCUT2D eigenvalue weighted by Gasteiger charge is 2.36. The van der Waals surface area contributed by atoms with Crippen molar-refractivity contribution in [2.24, 2.45) is 0 Å². The molecular weight excluding hydrogens is 584 g/mol. The van der Waals surface area contributed by atoms with E-state index in [4.69, 9.17) is 18.9 Å². The Morgan fingerprint density at radius 2 is 0.935 bits per heavy atom. The predicted octanol–water partition coefficient (Wildman–Crippen LogP) is 7.95. The van der Waals surface area contributed by atoms with Crippen LogP contribution in [0.5, 0.6) is 11.5 Å². The zero-order chi connectivity index (χ0) is 33.4. The highest BCUT2D eigenvalue weighted by molar-refractivity contribution is 5.95. The number of benzene rings is 4. The molecule has 0 aliphatic heterocycles. The fraction of sp³-hybridized carbons (Fsp3) is 0.263. The summed E-state index contributed by atoms with van der Waals surface area (Å²) >= 11 is 0. The Bertz CT molecular complexity index is 1820. The molecule has 0 aromatic heterocycles. The number of hydrogen-bond acceptors (Lipinski definition) is 8. The third-order valence-electron chi connectivity index (χ3n) is 7.49. The molecule has 0 saturated carbocycles. The number of ether oxygens (including phenoxy) is 4. The van der Waals surface area contributed by atoms with Gasteiger partial charge in [-0.05, 0) is 130 Å². The minimum Gasteiger partial charge on any atom is -0.459 e. The van der Waals surface area contributed by atoms with Crippen LogP contribution in [-0.4, -0.2) is 35.6 Å². The van der Waals surface area contributed by atoms with Crippen LogP contribution in [0.1, 0.15) is 101 Å². The second-order valence-electron chi connectivity index (χ2n) is 12.9. The van der Waals surface area contributed by atoms with Gasteiger partial charge in [0.2, 0.25) is 0 Å². The summed E-state index contributed by atoms with van der Waals surface area (Å²) in [4.78, 5) is 50.3. The molecule has 0 spiro atoms. The van der Waals surface area contributed by atoms with Crippen LogP contribution in [0.25, 0.3) is 11.1 Å². The molecule has 4 aromatic rings. The standard InChI is InChI=1S/C38H36O8/c1-22(2)43-33(39)23-8-10-24(11-9-23)34(40)44-27-16-18-29-30-19-17-28(21-32(30)38(6,7)31(29)20-27)45-35(41)25-12-14-26(15-13-25)36(42)46-37(3,4)5/h8-22H,1-7H3. The first-order chi connectivity index (χ1) is 21.6. The SMILES string of the molecule is CC(C)OC(=O)c1ccc(C(=O)Oc2ccc3c(c2)C(C)(C)c2cc(OC(=O)c4ccc(C(=O)OC(C)(C)C)cc4)ccc2-3)cc1. The van der Waals surface area contributed by atoms with Crippen LogP contribution in [0, 0.1) is 0 Å². The molecule has 5 rings (SSSR count). The van der Waals surface area contributed by atoms with Crippen LogP contribution < -0.4 is 9.47 Å². The van der Waals surface area contributed by atoms with Crippen molar-refractivity contribution in [3.63, 3.8) is 0 Å². The van der Waals surface area contributed by atoms with E-state index in [1.165, 1.54) is 48.5 Å². The molecule has 8 nitrogen and oxygen atoms in total. The van der Waals surface area contributed by atoms with E-state index in [-0.39, 0.29) is 6.10 Å². The highest BCUT2D eigenvalue weighted by Crippen LogP contribution is 2.50. The van der Waals surface area contributed by atoms with E-state index in [1.54, 1.807) is 46.8 Å². The number of carbonyl (C=O) groups excluding carboxylic acids is 4. The van der Waals surface area contributed by atoms with Crippen molar-refractivity contribution in [1.29, 1.82) is 0 Å². The largest absolute Gasteiger partial charge is 0.459 e. The van der Waals surface area contributed by atoms with Crippen LogP contribution >= 0.6 is 0 Å². The fourth-order valence-electron chi connectivity index (χ4n) is 5.26. The first-order valence-electron chi connectivity index (χ1n) is 15.0. The fourth-order valence-corrected chi connectivity index (χ4v) is 5.26. The molecular formula is C38H36O8.